The lowest BCUT2D eigenvalue weighted by atomic mass is 9.95. The van der Waals surface area contributed by atoms with Gasteiger partial charge in [-0.05, 0) is 62.7 Å². The maximum atomic E-state index is 13.2. The Kier molecular flexibility index (Phi) is 6.30. The highest BCUT2D eigenvalue weighted by Crippen LogP contribution is 2.45. The van der Waals surface area contributed by atoms with Gasteiger partial charge in [0.1, 0.15) is 11.5 Å². The van der Waals surface area contributed by atoms with Gasteiger partial charge in [0.25, 0.3) is 5.78 Å². The number of hydrogen-bond acceptors (Lipinski definition) is 8. The van der Waals surface area contributed by atoms with Gasteiger partial charge in [-0.1, -0.05) is 6.07 Å². The van der Waals surface area contributed by atoms with Crippen LogP contribution in [0.4, 0.5) is 5.13 Å². The maximum absolute atomic E-state index is 13.2. The number of hydrogen-bond donors (Lipinski definition) is 2. The summed E-state index contributed by atoms with van der Waals surface area (Å²) >= 11 is 1.29. The minimum Gasteiger partial charge on any atom is -0.507 e. The Morgan fingerprint density at radius 2 is 1.85 bits per heavy atom. The van der Waals surface area contributed by atoms with Gasteiger partial charge in [0.15, 0.2) is 16.6 Å². The van der Waals surface area contributed by atoms with Crippen molar-refractivity contribution >= 4 is 33.9 Å². The van der Waals surface area contributed by atoms with Crippen molar-refractivity contribution in [3.63, 3.8) is 0 Å². The largest absolute Gasteiger partial charge is 0.507 e. The fourth-order valence-corrected chi connectivity index (χ4v) is 4.74. The van der Waals surface area contributed by atoms with E-state index >= 15 is 0 Å². The van der Waals surface area contributed by atoms with E-state index in [-0.39, 0.29) is 22.8 Å². The van der Waals surface area contributed by atoms with Crippen LogP contribution in [0.5, 0.6) is 17.2 Å². The molecule has 34 heavy (non-hydrogen) atoms. The number of anilines is 1. The first-order valence-electron chi connectivity index (χ1n) is 10.6. The number of phenolic OH excluding ortho intramolecular Hbond substituents is 1. The molecule has 1 atom stereocenters. The molecule has 8 nitrogen and oxygen atoms in total. The van der Waals surface area contributed by atoms with Gasteiger partial charge in [-0.25, -0.2) is 4.98 Å². The number of carbonyl (C=O) groups excluding carboxylic acids is 2. The average Bonchev–Trinajstić information content (AvgIpc) is 3.29. The fraction of sp³-hybridized carbons (Fsp3) is 0.240. The van der Waals surface area contributed by atoms with Crippen molar-refractivity contribution in [2.75, 3.05) is 18.6 Å². The number of aromatic nitrogens is 1. The Bertz CT molecular complexity index is 1280. The summed E-state index contributed by atoms with van der Waals surface area (Å²) in [6, 6.07) is 10.2. The number of amides is 1. The molecule has 0 aliphatic carbocycles. The number of Topliss-reactive ketones (excluding diaryl/α,β-unsaturated/α-hetero) is 1. The molecule has 0 unspecified atom stereocenters. The van der Waals surface area contributed by atoms with Crippen molar-refractivity contribution in [3.8, 4) is 17.2 Å². The van der Waals surface area contributed by atoms with Gasteiger partial charge in [0, 0.05) is 10.4 Å². The van der Waals surface area contributed by atoms with Crippen LogP contribution in [0.25, 0.3) is 5.76 Å². The minimum atomic E-state index is -0.967. The topological polar surface area (TPSA) is 109 Å². The van der Waals surface area contributed by atoms with Crippen molar-refractivity contribution in [3.05, 3.63) is 69.7 Å². The molecule has 2 N–H and O–H groups in total. The summed E-state index contributed by atoms with van der Waals surface area (Å²) in [4.78, 5) is 33.1. The summed E-state index contributed by atoms with van der Waals surface area (Å²) in [7, 11) is 1.41. The standard InChI is InChI=1S/C25H24N2O6S/c1-5-33-17-9-6-15(7-10-17)22(29)20-21(16-8-11-18(28)19(12-16)32-4)27(24(31)23(20)30)25-26-13(2)14(3)34-25/h6-12,21,28-29H,5H2,1-4H3/b22-20+/t21-/m1/s1. The fourth-order valence-electron chi connectivity index (χ4n) is 3.80. The van der Waals surface area contributed by atoms with Gasteiger partial charge in [-0.15, -0.1) is 11.3 Å². The van der Waals surface area contributed by atoms with E-state index < -0.39 is 17.7 Å². The smallest absolute Gasteiger partial charge is 0.301 e. The predicted molar refractivity (Wildman–Crippen MR) is 129 cm³/mol. The highest BCUT2D eigenvalue weighted by Gasteiger charge is 2.48. The number of carbonyl (C=O) groups is 2. The number of aliphatic hydroxyl groups excluding tert-OH is 1. The molecule has 176 valence electrons. The first kappa shape index (κ1) is 23.3. The van der Waals surface area contributed by atoms with Crippen LogP contribution in [-0.4, -0.2) is 40.6 Å². The highest BCUT2D eigenvalue weighted by atomic mass is 32.1. The molecule has 1 aliphatic rings. The average molecular weight is 481 g/mol. The number of benzene rings is 2. The monoisotopic (exact) mass is 480 g/mol. The van der Waals surface area contributed by atoms with Crippen molar-refractivity contribution in [1.29, 1.82) is 0 Å². The number of phenols is 1. The number of ketones is 1. The molecular weight excluding hydrogens is 456 g/mol. The second-order valence-electron chi connectivity index (χ2n) is 7.70. The van der Waals surface area contributed by atoms with Gasteiger partial charge < -0.3 is 19.7 Å². The van der Waals surface area contributed by atoms with Crippen molar-refractivity contribution in [1.82, 2.24) is 4.98 Å². The summed E-state index contributed by atoms with van der Waals surface area (Å²) < 4.78 is 10.7. The summed E-state index contributed by atoms with van der Waals surface area (Å²) in [5.41, 5.74) is 1.51. The van der Waals surface area contributed by atoms with Crippen LogP contribution in [0, 0.1) is 13.8 Å². The van der Waals surface area contributed by atoms with Crippen LogP contribution in [-0.2, 0) is 9.59 Å². The van der Waals surface area contributed by atoms with Gasteiger partial charge in [0.2, 0.25) is 0 Å². The molecule has 1 aliphatic heterocycles. The number of nitrogens with zero attached hydrogens (tertiary/aromatic N) is 2. The first-order valence-corrected chi connectivity index (χ1v) is 11.4. The number of methoxy groups -OCH3 is 1. The van der Waals surface area contributed by atoms with Crippen LogP contribution in [0.3, 0.4) is 0 Å². The molecule has 2 aromatic carbocycles. The molecule has 4 rings (SSSR count). The van der Waals surface area contributed by atoms with E-state index in [0.29, 0.717) is 28.6 Å². The third-order valence-electron chi connectivity index (χ3n) is 5.63. The molecule has 1 aromatic heterocycles. The molecule has 1 amide bonds. The Hall–Kier alpha value is -3.85. The van der Waals surface area contributed by atoms with Crippen molar-refractivity contribution in [2.45, 2.75) is 26.8 Å². The second kappa shape index (κ2) is 9.18. The lowest BCUT2D eigenvalue weighted by Gasteiger charge is -2.23. The maximum Gasteiger partial charge on any atom is 0.301 e. The minimum absolute atomic E-state index is 0.0765. The summed E-state index contributed by atoms with van der Waals surface area (Å²) in [6.45, 7) is 6.06. The molecule has 0 saturated carbocycles. The molecule has 0 bridgehead atoms. The summed E-state index contributed by atoms with van der Waals surface area (Å²) in [6.07, 6.45) is 0. The molecular formula is C25H24N2O6S. The Morgan fingerprint density at radius 3 is 2.44 bits per heavy atom. The second-order valence-corrected chi connectivity index (χ2v) is 8.88. The van der Waals surface area contributed by atoms with Crippen molar-refractivity contribution < 1.29 is 29.3 Å². The van der Waals surface area contributed by atoms with E-state index in [1.54, 1.807) is 30.3 Å². The van der Waals surface area contributed by atoms with E-state index in [9.17, 15) is 19.8 Å². The first-order chi connectivity index (χ1) is 16.3. The Balaban J connectivity index is 1.92. The number of rotatable bonds is 6. The van der Waals surface area contributed by atoms with Crippen LogP contribution in [0.1, 0.15) is 34.7 Å². The number of ether oxygens (including phenoxy) is 2. The lowest BCUT2D eigenvalue weighted by molar-refractivity contribution is -0.132. The predicted octanol–water partition coefficient (Wildman–Crippen LogP) is 4.50. The van der Waals surface area contributed by atoms with Crippen LogP contribution in [0.2, 0.25) is 0 Å². The van der Waals surface area contributed by atoms with E-state index in [4.69, 9.17) is 9.47 Å². The van der Waals surface area contributed by atoms with Gasteiger partial charge in [-0.2, -0.15) is 0 Å². The molecule has 3 aromatic rings. The molecule has 9 heteroatoms. The molecule has 0 radical (unpaired) electrons. The molecule has 1 saturated heterocycles. The zero-order valence-electron chi connectivity index (χ0n) is 19.2. The molecule has 0 spiro atoms. The van der Waals surface area contributed by atoms with Crippen LogP contribution >= 0.6 is 11.3 Å². The van der Waals surface area contributed by atoms with Gasteiger partial charge in [0.05, 0.1) is 31.0 Å². The van der Waals surface area contributed by atoms with E-state index in [0.717, 1.165) is 10.6 Å². The summed E-state index contributed by atoms with van der Waals surface area (Å²) in [5.74, 6) is -1.22. The van der Waals surface area contributed by atoms with Crippen LogP contribution in [0.15, 0.2) is 48.0 Å². The zero-order chi connectivity index (χ0) is 24.6. The number of aryl methyl sites for hydroxylation is 2. The number of aromatic hydroxyl groups is 1. The normalized spacial score (nSPS) is 17.3. The Morgan fingerprint density at radius 1 is 1.15 bits per heavy atom. The number of thiazole rings is 1. The third kappa shape index (κ3) is 3.99. The summed E-state index contributed by atoms with van der Waals surface area (Å²) in [5, 5.41) is 21.6. The molecule has 2 heterocycles. The van der Waals surface area contributed by atoms with Gasteiger partial charge in [-0.3, -0.25) is 14.5 Å². The zero-order valence-corrected chi connectivity index (χ0v) is 20.0. The van der Waals surface area contributed by atoms with E-state index in [2.05, 4.69) is 4.98 Å². The molecule has 1 fully saturated rings. The van der Waals surface area contributed by atoms with E-state index in [1.165, 1.54) is 35.5 Å². The van der Waals surface area contributed by atoms with Crippen molar-refractivity contribution in [2.24, 2.45) is 0 Å². The van der Waals surface area contributed by atoms with Crippen LogP contribution < -0.4 is 14.4 Å². The lowest BCUT2D eigenvalue weighted by Crippen LogP contribution is -2.29. The number of aliphatic hydroxyl groups is 1. The third-order valence-corrected chi connectivity index (χ3v) is 6.70. The SMILES string of the molecule is CCOc1ccc(/C(O)=C2\C(=O)C(=O)N(c3nc(C)c(C)s3)[C@@H]2c2ccc(O)c(OC)c2)cc1. The van der Waals surface area contributed by atoms with E-state index in [1.807, 2.05) is 20.8 Å². The van der Waals surface area contributed by atoms with Gasteiger partial charge >= 0.3 is 5.91 Å². The Labute approximate surface area is 200 Å². The highest BCUT2D eigenvalue weighted by molar-refractivity contribution is 7.16. The quantitative estimate of drug-likeness (QED) is 0.304.